The zero-order valence-corrected chi connectivity index (χ0v) is 29.4. The molecule has 9 rings (SSSR count). The van der Waals surface area contributed by atoms with Crippen LogP contribution < -0.4 is 15.3 Å². The minimum Gasteiger partial charge on any atom is -0.358 e. The Hall–Kier alpha value is -5.16. The molecular formula is C39H31CuN9OS. The van der Waals surface area contributed by atoms with Crippen LogP contribution in [0.5, 0.6) is 0 Å². The molecular weight excluding hydrogens is 706 g/mol. The van der Waals surface area contributed by atoms with Crippen molar-refractivity contribution in [2.24, 2.45) is 0 Å². The zero-order valence-electron chi connectivity index (χ0n) is 27.7. The van der Waals surface area contributed by atoms with Crippen molar-refractivity contribution in [3.05, 3.63) is 95.6 Å². The van der Waals surface area contributed by atoms with E-state index >= 15 is 0 Å². The summed E-state index contributed by atoms with van der Waals surface area (Å²) in [6, 6.07) is 21.5. The quantitative estimate of drug-likeness (QED) is 0.105. The zero-order chi connectivity index (χ0) is 33.6. The summed E-state index contributed by atoms with van der Waals surface area (Å²) in [7, 11) is 0. The Morgan fingerprint density at radius 3 is 1.88 bits per heavy atom. The van der Waals surface area contributed by atoms with Crippen LogP contribution in [0.2, 0.25) is 0 Å². The van der Waals surface area contributed by atoms with Gasteiger partial charge in [0.2, 0.25) is 0 Å². The van der Waals surface area contributed by atoms with Gasteiger partial charge in [0.1, 0.15) is 0 Å². The molecule has 1 N–H and O–H groups in total. The number of unbranched alkanes of at least 4 members (excludes halogenated alkanes) is 1. The summed E-state index contributed by atoms with van der Waals surface area (Å²) in [4.78, 5) is 53.7. The fraction of sp³-hybridized carbons (Fsp3) is 0.205. The van der Waals surface area contributed by atoms with E-state index in [4.69, 9.17) is 39.9 Å². The molecule has 8 bridgehead atoms. The number of nitrogens with one attached hydrogen (secondary N) is 1. The van der Waals surface area contributed by atoms with Crippen LogP contribution >= 0.6 is 11.8 Å². The average molecular weight is 737 g/mol. The number of nitrogens with zero attached hydrogens (tertiary/aromatic N) is 8. The minimum absolute atomic E-state index is 0. The van der Waals surface area contributed by atoms with Gasteiger partial charge in [-0.1, -0.05) is 79.7 Å². The number of hydrogen-bond acceptors (Lipinski definition) is 8. The number of fused-ring (bicyclic) bond motifs is 20. The molecule has 1 radical (unpaired) electrons. The van der Waals surface area contributed by atoms with Crippen molar-refractivity contribution in [3.63, 3.8) is 0 Å². The normalized spacial score (nSPS) is 12.6. The second-order valence-corrected chi connectivity index (χ2v) is 13.7. The number of carbonyl (C=O) groups excluding carboxylic acids is 1. The largest absolute Gasteiger partial charge is 2.00 e. The summed E-state index contributed by atoms with van der Waals surface area (Å²) in [6.45, 7) is 2.75. The van der Waals surface area contributed by atoms with E-state index in [0.29, 0.717) is 76.4 Å². The van der Waals surface area contributed by atoms with Crippen LogP contribution in [0, 0.1) is 0 Å². The summed E-state index contributed by atoms with van der Waals surface area (Å²) in [5, 5.41) is 4.78. The van der Waals surface area contributed by atoms with Gasteiger partial charge in [0.05, 0.1) is 23.3 Å². The van der Waals surface area contributed by atoms with Crippen molar-refractivity contribution < 1.29 is 21.9 Å². The van der Waals surface area contributed by atoms with Gasteiger partial charge in [-0.2, -0.15) is 11.8 Å². The van der Waals surface area contributed by atoms with Crippen molar-refractivity contribution in [2.45, 2.75) is 32.6 Å². The van der Waals surface area contributed by atoms with Crippen molar-refractivity contribution in [1.82, 2.24) is 45.2 Å². The van der Waals surface area contributed by atoms with Crippen molar-refractivity contribution >= 4 is 51.0 Å². The predicted molar refractivity (Wildman–Crippen MR) is 198 cm³/mol. The number of carbonyl (C=O) groups is 1. The van der Waals surface area contributed by atoms with Gasteiger partial charge in [0, 0.05) is 57.0 Å². The summed E-state index contributed by atoms with van der Waals surface area (Å²) in [5.74, 6) is 3.90. The average Bonchev–Trinajstić information content (AvgIpc) is 3.88. The maximum Gasteiger partial charge on any atom is 2.00 e. The van der Waals surface area contributed by atoms with Crippen LogP contribution in [-0.2, 0) is 29.9 Å². The molecule has 255 valence electrons. The molecule has 0 fully saturated rings. The van der Waals surface area contributed by atoms with Crippen molar-refractivity contribution in [3.8, 4) is 45.6 Å². The second-order valence-electron chi connectivity index (χ2n) is 12.3. The summed E-state index contributed by atoms with van der Waals surface area (Å²) >= 11 is 1.91. The van der Waals surface area contributed by atoms with Gasteiger partial charge in [-0.05, 0) is 65.2 Å². The molecule has 1 aliphatic carbocycles. The summed E-state index contributed by atoms with van der Waals surface area (Å²) in [5.41, 5.74) is 7.72. The van der Waals surface area contributed by atoms with Gasteiger partial charge in [0.25, 0.3) is 5.91 Å². The first-order chi connectivity index (χ1) is 24.7. The van der Waals surface area contributed by atoms with Gasteiger partial charge in [-0.25, -0.2) is 9.97 Å². The monoisotopic (exact) mass is 736 g/mol. The third-order valence-electron chi connectivity index (χ3n) is 9.21. The molecule has 2 aliphatic heterocycles. The van der Waals surface area contributed by atoms with E-state index in [0.717, 1.165) is 62.9 Å². The molecule has 0 atom stereocenters. The van der Waals surface area contributed by atoms with E-state index in [1.807, 2.05) is 78.5 Å². The SMILES string of the molecule is CCSCCCCNC(=O)c1cccc2c1-c1nc-2nc2[n-]c(nc3nc(nc4[n-]c(n1)c1ccccc41)-c1ccccc1-3)c1c2CC=CC1.[Cu+2]. The Morgan fingerprint density at radius 2 is 1.22 bits per heavy atom. The smallest absolute Gasteiger partial charge is 0.358 e. The number of thioether (sulfide) groups is 1. The van der Waals surface area contributed by atoms with Crippen LogP contribution in [0.3, 0.4) is 0 Å². The molecule has 5 heterocycles. The third kappa shape index (κ3) is 5.93. The predicted octanol–water partition coefficient (Wildman–Crippen LogP) is 6.89. The van der Waals surface area contributed by atoms with Crippen LogP contribution in [0.1, 0.15) is 41.3 Å². The fourth-order valence-corrected chi connectivity index (χ4v) is 7.47. The number of amides is 1. The van der Waals surface area contributed by atoms with Gasteiger partial charge in [0.15, 0.2) is 0 Å². The first-order valence-corrected chi connectivity index (χ1v) is 18.1. The fourth-order valence-electron chi connectivity index (χ4n) is 6.77. The maximum absolute atomic E-state index is 13.7. The van der Waals surface area contributed by atoms with Crippen LogP contribution in [0.25, 0.3) is 78.9 Å². The first-order valence-electron chi connectivity index (χ1n) is 16.9. The Bertz CT molecular complexity index is 2540. The van der Waals surface area contributed by atoms with Crippen molar-refractivity contribution in [2.75, 3.05) is 18.1 Å². The van der Waals surface area contributed by atoms with E-state index in [1.54, 1.807) is 0 Å². The van der Waals surface area contributed by atoms with Gasteiger partial charge in [-0.15, -0.1) is 0 Å². The van der Waals surface area contributed by atoms with Gasteiger partial charge >= 0.3 is 17.1 Å². The standard InChI is InChI=1S/C39H32N9OS.Cu/c1-2-50-21-10-9-20-40-39(49)29-19-11-18-28-30(29)38-47-36-27-17-8-7-16-26(27)34(45-36)43-32-23-13-4-3-12-22(23)31(41-32)42-33-24-14-5-6-15-25(24)35(44-33)46-37(28)48-38;/h3-8,11-13,16-19H,2,9-10,14-15,20-21H2,1H3,(H2-,40,41,42,43,44,45,46,47,48,49);/q-1;+2/p-1. The molecule has 0 saturated heterocycles. The number of hydrogen-bond donors (Lipinski definition) is 1. The molecule has 51 heavy (non-hydrogen) atoms. The molecule has 10 nitrogen and oxygen atoms in total. The second kappa shape index (κ2) is 13.9. The Labute approximate surface area is 308 Å². The Morgan fingerprint density at radius 1 is 0.667 bits per heavy atom. The Balaban J connectivity index is 0.00000374. The molecule has 6 aromatic rings. The van der Waals surface area contributed by atoms with E-state index in [-0.39, 0.29) is 23.0 Å². The molecule has 3 aromatic carbocycles. The molecule has 1 amide bonds. The van der Waals surface area contributed by atoms with Crippen LogP contribution in [-0.4, -0.2) is 53.9 Å². The molecule has 3 aliphatic rings. The van der Waals surface area contributed by atoms with E-state index in [9.17, 15) is 4.79 Å². The van der Waals surface area contributed by atoms with Crippen molar-refractivity contribution in [1.29, 1.82) is 0 Å². The number of allylic oxidation sites excluding steroid dienone is 2. The molecule has 0 saturated carbocycles. The number of aromatic nitrogens is 8. The van der Waals surface area contributed by atoms with E-state index in [2.05, 4.69) is 24.4 Å². The maximum atomic E-state index is 13.7. The first kappa shape index (κ1) is 33.0. The van der Waals surface area contributed by atoms with Gasteiger partial charge < -0.3 is 35.2 Å². The van der Waals surface area contributed by atoms with E-state index in [1.165, 1.54) is 0 Å². The molecule has 3 aromatic heterocycles. The van der Waals surface area contributed by atoms with Crippen LogP contribution in [0.15, 0.2) is 78.9 Å². The third-order valence-corrected chi connectivity index (χ3v) is 10.2. The number of rotatable bonds is 7. The molecule has 0 unspecified atom stereocenters. The molecule has 0 spiro atoms. The van der Waals surface area contributed by atoms with E-state index < -0.39 is 0 Å². The summed E-state index contributed by atoms with van der Waals surface area (Å²) in [6.07, 6.45) is 7.59. The molecule has 12 heteroatoms. The summed E-state index contributed by atoms with van der Waals surface area (Å²) < 4.78 is 0. The Kier molecular flexibility index (Phi) is 8.97. The number of benzene rings is 3. The van der Waals surface area contributed by atoms with Gasteiger partial charge in [-0.3, -0.25) is 4.79 Å². The van der Waals surface area contributed by atoms with Crippen LogP contribution in [0.4, 0.5) is 0 Å². The minimum atomic E-state index is -0.171. The topological polar surface area (TPSA) is 135 Å².